The third-order valence-corrected chi connectivity index (χ3v) is 5.77. The number of aliphatic carboxylic acids is 1. The van der Waals surface area contributed by atoms with Crippen molar-refractivity contribution in [3.05, 3.63) is 35.4 Å². The second-order valence-electron chi connectivity index (χ2n) is 7.89. The quantitative estimate of drug-likeness (QED) is 0.848. The number of carbonyl (C=O) groups excluding carboxylic acids is 1. The number of benzene rings is 1. The Bertz CT molecular complexity index is 655. The predicted octanol–water partition coefficient (Wildman–Crippen LogP) is 2.64. The van der Waals surface area contributed by atoms with E-state index in [0.29, 0.717) is 19.5 Å². The molecule has 2 atom stereocenters. The summed E-state index contributed by atoms with van der Waals surface area (Å²) < 4.78 is 0. The molecule has 0 radical (unpaired) electrons. The SMILES string of the molecule is Cc1ccc(C(CNC(=O)N2CCC(C)(C(=O)O)C2)N2CCCC2)cc1. The highest BCUT2D eigenvalue weighted by molar-refractivity contribution is 5.79. The first-order valence-corrected chi connectivity index (χ1v) is 9.46. The molecule has 0 aliphatic carbocycles. The maximum atomic E-state index is 12.6. The lowest BCUT2D eigenvalue weighted by atomic mass is 9.90. The molecule has 1 aromatic rings. The van der Waals surface area contributed by atoms with Crippen LogP contribution in [-0.4, -0.2) is 59.6 Å². The van der Waals surface area contributed by atoms with E-state index in [1.807, 2.05) is 0 Å². The maximum Gasteiger partial charge on any atom is 0.317 e. The summed E-state index contributed by atoms with van der Waals surface area (Å²) in [5.74, 6) is -0.831. The van der Waals surface area contributed by atoms with Crippen LogP contribution in [0.3, 0.4) is 0 Å². The topological polar surface area (TPSA) is 72.9 Å². The largest absolute Gasteiger partial charge is 0.481 e. The summed E-state index contributed by atoms with van der Waals surface area (Å²) in [4.78, 5) is 28.0. The molecule has 2 heterocycles. The van der Waals surface area contributed by atoms with E-state index in [9.17, 15) is 14.7 Å². The monoisotopic (exact) mass is 359 g/mol. The van der Waals surface area contributed by atoms with Crippen LogP contribution >= 0.6 is 0 Å². The van der Waals surface area contributed by atoms with Crippen LogP contribution in [0, 0.1) is 12.3 Å². The van der Waals surface area contributed by atoms with Gasteiger partial charge in [0.2, 0.25) is 0 Å². The van der Waals surface area contributed by atoms with Gasteiger partial charge in [0.1, 0.15) is 0 Å². The van der Waals surface area contributed by atoms with Crippen LogP contribution < -0.4 is 5.32 Å². The molecule has 1 aromatic carbocycles. The van der Waals surface area contributed by atoms with E-state index < -0.39 is 11.4 Å². The lowest BCUT2D eigenvalue weighted by molar-refractivity contribution is -0.147. The number of nitrogens with one attached hydrogen (secondary N) is 1. The molecule has 6 heteroatoms. The number of likely N-dealkylation sites (tertiary alicyclic amines) is 2. The van der Waals surface area contributed by atoms with Crippen LogP contribution in [0.1, 0.15) is 43.4 Å². The zero-order chi connectivity index (χ0) is 18.7. The molecular formula is C20H29N3O3. The molecule has 2 amide bonds. The van der Waals surface area contributed by atoms with Gasteiger partial charge in [0.25, 0.3) is 0 Å². The minimum absolute atomic E-state index is 0.161. The van der Waals surface area contributed by atoms with Crippen molar-refractivity contribution in [1.82, 2.24) is 15.1 Å². The van der Waals surface area contributed by atoms with Crippen molar-refractivity contribution in [2.75, 3.05) is 32.7 Å². The summed E-state index contributed by atoms with van der Waals surface area (Å²) in [7, 11) is 0. The molecule has 2 saturated heterocycles. The van der Waals surface area contributed by atoms with Crippen molar-refractivity contribution in [2.24, 2.45) is 5.41 Å². The summed E-state index contributed by atoms with van der Waals surface area (Å²) in [6.07, 6.45) is 2.89. The smallest absolute Gasteiger partial charge is 0.317 e. The Kier molecular flexibility index (Phi) is 5.51. The number of carbonyl (C=O) groups is 2. The van der Waals surface area contributed by atoms with Gasteiger partial charge in [-0.3, -0.25) is 9.69 Å². The van der Waals surface area contributed by atoms with E-state index in [4.69, 9.17) is 0 Å². The van der Waals surface area contributed by atoms with Gasteiger partial charge >= 0.3 is 12.0 Å². The van der Waals surface area contributed by atoms with Crippen molar-refractivity contribution in [3.63, 3.8) is 0 Å². The van der Waals surface area contributed by atoms with Gasteiger partial charge in [-0.2, -0.15) is 0 Å². The standard InChI is InChI=1S/C20H29N3O3/c1-15-5-7-16(8-6-15)17(22-10-3-4-11-22)13-21-19(26)23-12-9-20(2,14-23)18(24)25/h5-8,17H,3-4,9-14H2,1-2H3,(H,21,26)(H,24,25). The van der Waals surface area contributed by atoms with Crippen LogP contribution in [0.2, 0.25) is 0 Å². The Balaban J connectivity index is 1.63. The number of rotatable bonds is 5. The first-order chi connectivity index (χ1) is 12.4. The lowest BCUT2D eigenvalue weighted by Gasteiger charge is -2.29. The number of urea groups is 1. The number of amides is 2. The van der Waals surface area contributed by atoms with Crippen LogP contribution in [0.25, 0.3) is 0 Å². The van der Waals surface area contributed by atoms with Crippen molar-refractivity contribution >= 4 is 12.0 Å². The molecule has 26 heavy (non-hydrogen) atoms. The molecule has 2 aliphatic heterocycles. The molecule has 142 valence electrons. The molecule has 0 aromatic heterocycles. The van der Waals surface area contributed by atoms with Crippen molar-refractivity contribution in [1.29, 1.82) is 0 Å². The van der Waals surface area contributed by atoms with E-state index in [-0.39, 0.29) is 18.6 Å². The molecule has 2 N–H and O–H groups in total. The zero-order valence-electron chi connectivity index (χ0n) is 15.7. The Morgan fingerprint density at radius 2 is 1.85 bits per heavy atom. The Morgan fingerprint density at radius 1 is 1.19 bits per heavy atom. The predicted molar refractivity (Wildman–Crippen MR) is 100 cm³/mol. The third-order valence-electron chi connectivity index (χ3n) is 5.77. The number of aryl methyl sites for hydroxylation is 1. The molecule has 0 spiro atoms. The van der Waals surface area contributed by atoms with Gasteiger partial charge in [0.05, 0.1) is 11.5 Å². The van der Waals surface area contributed by atoms with Gasteiger partial charge < -0.3 is 15.3 Å². The highest BCUT2D eigenvalue weighted by atomic mass is 16.4. The van der Waals surface area contributed by atoms with E-state index in [1.54, 1.807) is 11.8 Å². The maximum absolute atomic E-state index is 12.6. The Morgan fingerprint density at radius 3 is 2.42 bits per heavy atom. The number of carboxylic acids is 1. The summed E-state index contributed by atoms with van der Waals surface area (Å²) >= 11 is 0. The highest BCUT2D eigenvalue weighted by Crippen LogP contribution is 2.30. The normalized spacial score (nSPS) is 24.6. The van der Waals surface area contributed by atoms with E-state index in [1.165, 1.54) is 24.0 Å². The molecule has 0 saturated carbocycles. The lowest BCUT2D eigenvalue weighted by Crippen LogP contribution is -2.44. The molecule has 2 fully saturated rings. The number of carboxylic acid groups (broad SMARTS) is 1. The first kappa shape index (κ1) is 18.7. The summed E-state index contributed by atoms with van der Waals surface area (Å²) in [5.41, 5.74) is 1.61. The Labute approximate surface area is 155 Å². The fourth-order valence-corrected chi connectivity index (χ4v) is 3.90. The summed E-state index contributed by atoms with van der Waals surface area (Å²) in [6.45, 7) is 7.19. The second kappa shape index (κ2) is 7.66. The van der Waals surface area contributed by atoms with Crippen molar-refractivity contribution in [3.8, 4) is 0 Å². The van der Waals surface area contributed by atoms with E-state index >= 15 is 0 Å². The van der Waals surface area contributed by atoms with Gasteiger partial charge in [-0.1, -0.05) is 29.8 Å². The highest BCUT2D eigenvalue weighted by Gasteiger charge is 2.42. The fourth-order valence-electron chi connectivity index (χ4n) is 3.90. The van der Waals surface area contributed by atoms with Crippen LogP contribution in [0.4, 0.5) is 4.79 Å². The first-order valence-electron chi connectivity index (χ1n) is 9.46. The van der Waals surface area contributed by atoms with Crippen LogP contribution in [-0.2, 0) is 4.79 Å². The summed E-state index contributed by atoms with van der Waals surface area (Å²) in [5, 5.41) is 12.4. The van der Waals surface area contributed by atoms with E-state index in [2.05, 4.69) is 41.4 Å². The minimum atomic E-state index is -0.831. The van der Waals surface area contributed by atoms with E-state index in [0.717, 1.165) is 13.1 Å². The van der Waals surface area contributed by atoms with Gasteiger partial charge in [-0.25, -0.2) is 4.79 Å². The van der Waals surface area contributed by atoms with Crippen LogP contribution in [0.15, 0.2) is 24.3 Å². The Hall–Kier alpha value is -2.08. The number of nitrogens with zero attached hydrogens (tertiary/aromatic N) is 2. The minimum Gasteiger partial charge on any atom is -0.481 e. The molecule has 3 rings (SSSR count). The molecule has 2 unspecified atom stereocenters. The zero-order valence-corrected chi connectivity index (χ0v) is 15.7. The molecular weight excluding hydrogens is 330 g/mol. The van der Waals surface area contributed by atoms with Gasteiger partial charge in [0, 0.05) is 19.6 Å². The number of hydrogen-bond donors (Lipinski definition) is 2. The third kappa shape index (κ3) is 4.01. The molecule has 2 aliphatic rings. The average molecular weight is 359 g/mol. The van der Waals surface area contributed by atoms with Gasteiger partial charge in [-0.05, 0) is 51.8 Å². The second-order valence-corrected chi connectivity index (χ2v) is 7.89. The van der Waals surface area contributed by atoms with Crippen molar-refractivity contribution < 1.29 is 14.7 Å². The van der Waals surface area contributed by atoms with Crippen LogP contribution in [0.5, 0.6) is 0 Å². The molecule has 6 nitrogen and oxygen atoms in total. The molecule has 0 bridgehead atoms. The fraction of sp³-hybridized carbons (Fsp3) is 0.600. The van der Waals surface area contributed by atoms with Gasteiger partial charge in [0.15, 0.2) is 0 Å². The van der Waals surface area contributed by atoms with Gasteiger partial charge in [-0.15, -0.1) is 0 Å². The summed E-state index contributed by atoms with van der Waals surface area (Å²) in [6, 6.07) is 8.50. The van der Waals surface area contributed by atoms with Crippen molar-refractivity contribution in [2.45, 2.75) is 39.2 Å². The average Bonchev–Trinajstić information content (AvgIpc) is 3.27. The number of hydrogen-bond acceptors (Lipinski definition) is 3.